The van der Waals surface area contributed by atoms with Crippen LogP contribution in [-0.4, -0.2) is 24.4 Å². The van der Waals surface area contributed by atoms with Crippen LogP contribution in [0.2, 0.25) is 0 Å². The lowest BCUT2D eigenvalue weighted by Gasteiger charge is -2.10. The molecule has 2 amide bonds. The fraction of sp³-hybridized carbons (Fsp3) is 0.750. The third kappa shape index (κ3) is 7.27. The van der Waals surface area contributed by atoms with Crippen molar-refractivity contribution in [2.45, 2.75) is 33.2 Å². The number of carbonyl (C=O) groups excluding carboxylic acids is 2. The van der Waals surface area contributed by atoms with E-state index in [-0.39, 0.29) is 24.4 Å². The van der Waals surface area contributed by atoms with Crippen LogP contribution in [0.15, 0.2) is 0 Å². The molecule has 0 aliphatic rings. The number of hydrogen-bond acceptors (Lipinski definition) is 3. The summed E-state index contributed by atoms with van der Waals surface area (Å²) < 4.78 is 0. The smallest absolute Gasteiger partial charge is 0.329 e. The lowest BCUT2D eigenvalue weighted by Crippen LogP contribution is -2.48. The molecular formula is C8H17N3O2. The second-order valence-electron chi connectivity index (χ2n) is 3.00. The van der Waals surface area contributed by atoms with Crippen molar-refractivity contribution in [3.63, 3.8) is 0 Å². The Kier molecular flexibility index (Phi) is 5.88. The summed E-state index contributed by atoms with van der Waals surface area (Å²) >= 11 is 0. The normalized spacial score (nSPS) is 9.85. The van der Waals surface area contributed by atoms with E-state index < -0.39 is 0 Å². The summed E-state index contributed by atoms with van der Waals surface area (Å²) in [5, 5.41) is 2.43. The highest BCUT2D eigenvalue weighted by Gasteiger charge is 2.02. The summed E-state index contributed by atoms with van der Waals surface area (Å²) in [6.45, 7) is 5.64. The van der Waals surface area contributed by atoms with Crippen molar-refractivity contribution in [2.75, 3.05) is 6.54 Å². The van der Waals surface area contributed by atoms with E-state index in [1.165, 1.54) is 0 Å². The average Bonchev–Trinajstić information content (AvgIpc) is 2.10. The standard InChI is InChI=1S/C8H17N3O2/c1-4-7(12)5-9-8(13)11-10-6(2)3/h6,10H,4-5H2,1-3H3,(H2,9,11,13). The first-order valence-corrected chi connectivity index (χ1v) is 4.37. The van der Waals surface area contributed by atoms with Gasteiger partial charge in [0.05, 0.1) is 6.54 Å². The van der Waals surface area contributed by atoms with Crippen molar-refractivity contribution < 1.29 is 9.59 Å². The SMILES string of the molecule is CCC(=O)CNC(=O)NNC(C)C. The van der Waals surface area contributed by atoms with Gasteiger partial charge in [0.1, 0.15) is 0 Å². The number of rotatable bonds is 5. The van der Waals surface area contributed by atoms with Gasteiger partial charge in [-0.25, -0.2) is 10.2 Å². The summed E-state index contributed by atoms with van der Waals surface area (Å²) in [6.07, 6.45) is 0.442. The topological polar surface area (TPSA) is 70.2 Å². The van der Waals surface area contributed by atoms with Crippen LogP contribution in [0.5, 0.6) is 0 Å². The van der Waals surface area contributed by atoms with Crippen LogP contribution in [-0.2, 0) is 4.79 Å². The molecular weight excluding hydrogens is 170 g/mol. The molecule has 0 aromatic heterocycles. The van der Waals surface area contributed by atoms with Crippen LogP contribution in [0.4, 0.5) is 4.79 Å². The number of hydrogen-bond donors (Lipinski definition) is 3. The molecule has 0 aliphatic heterocycles. The zero-order valence-electron chi connectivity index (χ0n) is 8.31. The Morgan fingerprint density at radius 3 is 2.38 bits per heavy atom. The highest BCUT2D eigenvalue weighted by atomic mass is 16.2. The number of hydrazine groups is 1. The fourth-order valence-corrected chi connectivity index (χ4v) is 0.558. The summed E-state index contributed by atoms with van der Waals surface area (Å²) in [5.41, 5.74) is 5.12. The van der Waals surface area contributed by atoms with Gasteiger partial charge in [-0.2, -0.15) is 0 Å². The second kappa shape index (κ2) is 6.42. The van der Waals surface area contributed by atoms with Gasteiger partial charge in [0, 0.05) is 12.5 Å². The molecule has 0 rings (SSSR count). The van der Waals surface area contributed by atoms with E-state index in [9.17, 15) is 9.59 Å². The number of nitrogens with one attached hydrogen (secondary N) is 3. The molecule has 0 radical (unpaired) electrons. The molecule has 0 atom stereocenters. The number of amides is 2. The Hall–Kier alpha value is -1.10. The Bertz CT molecular complexity index is 180. The minimum Gasteiger partial charge on any atom is -0.330 e. The van der Waals surface area contributed by atoms with Crippen molar-refractivity contribution in [3.05, 3.63) is 0 Å². The maximum atomic E-state index is 10.9. The summed E-state index contributed by atoms with van der Waals surface area (Å²) in [4.78, 5) is 21.7. The minimum atomic E-state index is -0.379. The van der Waals surface area contributed by atoms with Crippen LogP contribution >= 0.6 is 0 Å². The van der Waals surface area contributed by atoms with Crippen molar-refractivity contribution in [2.24, 2.45) is 0 Å². The molecule has 0 unspecified atom stereocenters. The number of urea groups is 1. The maximum absolute atomic E-state index is 10.9. The molecule has 13 heavy (non-hydrogen) atoms. The highest BCUT2D eigenvalue weighted by Crippen LogP contribution is 1.77. The molecule has 76 valence electrons. The molecule has 0 fully saturated rings. The van der Waals surface area contributed by atoms with E-state index in [1.807, 2.05) is 13.8 Å². The van der Waals surface area contributed by atoms with Crippen molar-refractivity contribution in [1.29, 1.82) is 0 Å². The van der Waals surface area contributed by atoms with Gasteiger partial charge in [0.25, 0.3) is 0 Å². The van der Waals surface area contributed by atoms with Crippen LogP contribution in [0, 0.1) is 0 Å². The second-order valence-corrected chi connectivity index (χ2v) is 3.00. The monoisotopic (exact) mass is 187 g/mol. The number of carbonyl (C=O) groups is 2. The summed E-state index contributed by atoms with van der Waals surface area (Å²) in [7, 11) is 0. The van der Waals surface area contributed by atoms with E-state index >= 15 is 0 Å². The largest absolute Gasteiger partial charge is 0.330 e. The Balaban J connectivity index is 3.46. The Morgan fingerprint density at radius 2 is 1.92 bits per heavy atom. The first-order chi connectivity index (χ1) is 6.06. The minimum absolute atomic E-state index is 0.0136. The van der Waals surface area contributed by atoms with Crippen molar-refractivity contribution in [3.8, 4) is 0 Å². The van der Waals surface area contributed by atoms with Crippen LogP contribution in [0.3, 0.4) is 0 Å². The molecule has 0 aromatic rings. The third-order valence-electron chi connectivity index (χ3n) is 1.31. The quantitative estimate of drug-likeness (QED) is 0.538. The van der Waals surface area contributed by atoms with Gasteiger partial charge in [-0.1, -0.05) is 6.92 Å². The summed E-state index contributed by atoms with van der Waals surface area (Å²) in [6, 6.07) is -0.205. The van der Waals surface area contributed by atoms with Gasteiger partial charge in [0.15, 0.2) is 5.78 Å². The van der Waals surface area contributed by atoms with E-state index in [1.54, 1.807) is 6.92 Å². The molecule has 5 nitrogen and oxygen atoms in total. The zero-order valence-corrected chi connectivity index (χ0v) is 8.31. The predicted molar refractivity (Wildman–Crippen MR) is 50.1 cm³/mol. The molecule has 5 heteroatoms. The molecule has 0 heterocycles. The maximum Gasteiger partial charge on any atom is 0.329 e. The van der Waals surface area contributed by atoms with Gasteiger partial charge in [-0.05, 0) is 13.8 Å². The van der Waals surface area contributed by atoms with Crippen LogP contribution in [0.1, 0.15) is 27.2 Å². The molecule has 0 bridgehead atoms. The van der Waals surface area contributed by atoms with E-state index in [0.29, 0.717) is 6.42 Å². The fourth-order valence-electron chi connectivity index (χ4n) is 0.558. The van der Waals surface area contributed by atoms with E-state index in [4.69, 9.17) is 0 Å². The molecule has 3 N–H and O–H groups in total. The van der Waals surface area contributed by atoms with Gasteiger partial charge < -0.3 is 5.32 Å². The average molecular weight is 187 g/mol. The number of ketones is 1. The molecule has 0 saturated carbocycles. The lowest BCUT2D eigenvalue weighted by molar-refractivity contribution is -0.117. The molecule has 0 saturated heterocycles. The van der Waals surface area contributed by atoms with E-state index in [2.05, 4.69) is 16.2 Å². The lowest BCUT2D eigenvalue weighted by atomic mass is 10.3. The Labute approximate surface area is 78.2 Å². The molecule has 0 aliphatic carbocycles. The van der Waals surface area contributed by atoms with Crippen molar-refractivity contribution in [1.82, 2.24) is 16.2 Å². The van der Waals surface area contributed by atoms with Crippen LogP contribution in [0.25, 0.3) is 0 Å². The summed E-state index contributed by atoms with van der Waals surface area (Å²) in [5.74, 6) is 0.0136. The van der Waals surface area contributed by atoms with Gasteiger partial charge in [-0.15, -0.1) is 0 Å². The first kappa shape index (κ1) is 11.9. The first-order valence-electron chi connectivity index (χ1n) is 4.37. The van der Waals surface area contributed by atoms with E-state index in [0.717, 1.165) is 0 Å². The zero-order chi connectivity index (χ0) is 10.3. The van der Waals surface area contributed by atoms with Crippen molar-refractivity contribution >= 4 is 11.8 Å². The molecule has 0 spiro atoms. The van der Waals surface area contributed by atoms with Gasteiger partial charge in [0.2, 0.25) is 0 Å². The van der Waals surface area contributed by atoms with Crippen LogP contribution < -0.4 is 16.2 Å². The van der Waals surface area contributed by atoms with Gasteiger partial charge in [-0.3, -0.25) is 10.2 Å². The highest BCUT2D eigenvalue weighted by molar-refractivity contribution is 5.84. The molecule has 0 aromatic carbocycles. The van der Waals surface area contributed by atoms with Gasteiger partial charge >= 0.3 is 6.03 Å². The third-order valence-corrected chi connectivity index (χ3v) is 1.31. The Morgan fingerprint density at radius 1 is 1.31 bits per heavy atom. The predicted octanol–water partition coefficient (Wildman–Crippen LogP) is 0.178. The number of Topliss-reactive ketones (excluding diaryl/α,β-unsaturated/α-hetero) is 1.